The van der Waals surface area contributed by atoms with Crippen LogP contribution in [0.25, 0.3) is 0 Å². The monoisotopic (exact) mass is 452 g/mol. The third-order valence-corrected chi connectivity index (χ3v) is 7.46. The average molecular weight is 452 g/mol. The normalized spacial score (nSPS) is 25.3. The van der Waals surface area contributed by atoms with Gasteiger partial charge in [0.1, 0.15) is 0 Å². The van der Waals surface area contributed by atoms with E-state index in [1.165, 1.54) is 0 Å². The molecule has 0 saturated carbocycles. The molecule has 0 unspecified atom stereocenters. The van der Waals surface area contributed by atoms with Gasteiger partial charge in [0.15, 0.2) is 0 Å². The predicted octanol–water partition coefficient (Wildman–Crippen LogP) is 2.22. The number of hydrogen-bond acceptors (Lipinski definition) is 5. The molecule has 3 rings (SSSR count). The molecule has 0 aliphatic carbocycles. The number of sulfonamides is 1. The zero-order chi connectivity index (χ0) is 22.7. The van der Waals surface area contributed by atoms with Crippen LogP contribution in [0.15, 0.2) is 29.2 Å². The van der Waals surface area contributed by atoms with Crippen molar-refractivity contribution in [2.45, 2.75) is 24.4 Å². The minimum atomic E-state index is -5.08. The van der Waals surface area contributed by atoms with Gasteiger partial charge in [0.25, 0.3) is 0 Å². The van der Waals surface area contributed by atoms with Gasteiger partial charge in [0, 0.05) is 44.6 Å². The molecule has 1 spiro atoms. The number of ether oxygens (including phenoxy) is 1. The van der Waals surface area contributed by atoms with Gasteiger partial charge in [-0.15, -0.1) is 0 Å². The number of carboxylic acid groups (broad SMARTS) is 1. The second-order valence-corrected chi connectivity index (χ2v) is 9.85. The van der Waals surface area contributed by atoms with Crippen LogP contribution in [-0.2, 0) is 19.6 Å². The fourth-order valence-corrected chi connectivity index (χ4v) is 5.65. The minimum Gasteiger partial charge on any atom is -0.475 e. The maximum Gasteiger partial charge on any atom is 0.490 e. The van der Waals surface area contributed by atoms with Crippen molar-refractivity contribution in [3.05, 3.63) is 29.8 Å². The van der Waals surface area contributed by atoms with Crippen molar-refractivity contribution < 1.29 is 36.2 Å². The van der Waals surface area contributed by atoms with Crippen molar-refractivity contribution in [1.29, 1.82) is 0 Å². The summed E-state index contributed by atoms with van der Waals surface area (Å²) in [5.74, 6) is -2.36. The first-order valence-corrected chi connectivity index (χ1v) is 10.8. The number of carboxylic acids is 1. The summed E-state index contributed by atoms with van der Waals surface area (Å²) in [4.78, 5) is 11.6. The van der Waals surface area contributed by atoms with Crippen LogP contribution in [-0.4, -0.2) is 81.8 Å². The summed E-state index contributed by atoms with van der Waals surface area (Å²) >= 11 is 0. The number of alkyl halides is 3. The molecule has 1 aromatic carbocycles. The molecule has 2 saturated heterocycles. The molecule has 170 valence electrons. The maximum atomic E-state index is 12.9. The van der Waals surface area contributed by atoms with E-state index >= 15 is 0 Å². The second kappa shape index (κ2) is 9.21. The number of rotatable bonds is 4. The Hall–Kier alpha value is -1.69. The van der Waals surface area contributed by atoms with Gasteiger partial charge in [0.2, 0.25) is 10.0 Å². The zero-order valence-electron chi connectivity index (χ0n) is 17.1. The Morgan fingerprint density at radius 3 is 2.33 bits per heavy atom. The van der Waals surface area contributed by atoms with Crippen molar-refractivity contribution in [1.82, 2.24) is 9.21 Å². The van der Waals surface area contributed by atoms with E-state index in [-0.39, 0.29) is 5.41 Å². The van der Waals surface area contributed by atoms with Crippen molar-refractivity contribution in [2.24, 2.45) is 11.3 Å². The molecule has 0 amide bonds. The highest BCUT2D eigenvalue weighted by molar-refractivity contribution is 7.89. The summed E-state index contributed by atoms with van der Waals surface area (Å²) in [6.45, 7) is 5.78. The van der Waals surface area contributed by atoms with Gasteiger partial charge in [-0.3, -0.25) is 0 Å². The first-order valence-electron chi connectivity index (χ1n) is 9.36. The Kier molecular flexibility index (Phi) is 7.54. The molecule has 1 N–H and O–H groups in total. The van der Waals surface area contributed by atoms with Crippen molar-refractivity contribution in [2.75, 3.05) is 46.9 Å². The molecule has 2 atom stereocenters. The number of nitrogens with zero attached hydrogens (tertiary/aromatic N) is 2. The highest BCUT2D eigenvalue weighted by atomic mass is 32.2. The second-order valence-electron chi connectivity index (χ2n) is 7.92. The summed E-state index contributed by atoms with van der Waals surface area (Å²) in [6.07, 6.45) is -4.17. The predicted molar refractivity (Wildman–Crippen MR) is 104 cm³/mol. The number of benzene rings is 1. The van der Waals surface area contributed by atoms with E-state index in [2.05, 4.69) is 11.9 Å². The van der Waals surface area contributed by atoms with Gasteiger partial charge >= 0.3 is 12.1 Å². The van der Waals surface area contributed by atoms with Crippen LogP contribution in [0, 0.1) is 18.3 Å². The SMILES string of the molecule is COC[C@H]1CN(C)C[C@@]12CCN(S(=O)(=O)c1ccc(C)cc1)C2.O=C(O)C(F)(F)F. The molecule has 0 aromatic heterocycles. The topological polar surface area (TPSA) is 87.2 Å². The van der Waals surface area contributed by atoms with E-state index in [1.807, 2.05) is 19.1 Å². The molecule has 1 aromatic rings. The van der Waals surface area contributed by atoms with Gasteiger partial charge in [-0.1, -0.05) is 17.7 Å². The quantitative estimate of drug-likeness (QED) is 0.754. The van der Waals surface area contributed by atoms with Crippen LogP contribution < -0.4 is 0 Å². The Labute approximate surface area is 174 Å². The van der Waals surface area contributed by atoms with E-state index < -0.39 is 22.2 Å². The van der Waals surface area contributed by atoms with Crippen LogP contribution in [0.2, 0.25) is 0 Å². The Balaban J connectivity index is 0.000000396. The van der Waals surface area contributed by atoms with Gasteiger partial charge in [-0.2, -0.15) is 17.5 Å². The van der Waals surface area contributed by atoms with Gasteiger partial charge in [0.05, 0.1) is 11.5 Å². The maximum absolute atomic E-state index is 12.9. The molecule has 11 heteroatoms. The van der Waals surface area contributed by atoms with Crippen molar-refractivity contribution in [3.8, 4) is 0 Å². The van der Waals surface area contributed by atoms with Gasteiger partial charge in [-0.05, 0) is 32.5 Å². The average Bonchev–Trinajstić information content (AvgIpc) is 3.20. The number of likely N-dealkylation sites (tertiary alicyclic amines) is 1. The van der Waals surface area contributed by atoms with Crippen molar-refractivity contribution >= 4 is 16.0 Å². The van der Waals surface area contributed by atoms with E-state index in [4.69, 9.17) is 14.6 Å². The third kappa shape index (κ3) is 5.51. The number of methoxy groups -OCH3 is 1. The zero-order valence-corrected chi connectivity index (χ0v) is 18.0. The van der Waals surface area contributed by atoms with Crippen LogP contribution in [0.5, 0.6) is 0 Å². The summed E-state index contributed by atoms with van der Waals surface area (Å²) in [7, 11) is 0.429. The summed E-state index contributed by atoms with van der Waals surface area (Å²) in [5.41, 5.74) is 1.10. The van der Waals surface area contributed by atoms with E-state index in [1.54, 1.807) is 23.5 Å². The smallest absolute Gasteiger partial charge is 0.475 e. The fourth-order valence-electron chi connectivity index (χ4n) is 4.12. The number of hydrogen-bond donors (Lipinski definition) is 1. The van der Waals surface area contributed by atoms with Crippen LogP contribution in [0.1, 0.15) is 12.0 Å². The highest BCUT2D eigenvalue weighted by Crippen LogP contribution is 2.44. The van der Waals surface area contributed by atoms with E-state index in [0.29, 0.717) is 30.5 Å². The largest absolute Gasteiger partial charge is 0.490 e. The first kappa shape index (κ1) is 24.6. The molecule has 2 heterocycles. The summed E-state index contributed by atoms with van der Waals surface area (Å²) in [6, 6.07) is 7.14. The van der Waals surface area contributed by atoms with Crippen LogP contribution in [0.3, 0.4) is 0 Å². The molecule has 2 aliphatic heterocycles. The highest BCUT2D eigenvalue weighted by Gasteiger charge is 2.51. The van der Waals surface area contributed by atoms with E-state index in [9.17, 15) is 21.6 Å². The summed E-state index contributed by atoms with van der Waals surface area (Å²) in [5, 5.41) is 7.12. The summed E-state index contributed by atoms with van der Waals surface area (Å²) < 4.78 is 64.6. The van der Waals surface area contributed by atoms with Gasteiger partial charge < -0.3 is 14.7 Å². The van der Waals surface area contributed by atoms with Crippen LogP contribution in [0.4, 0.5) is 13.2 Å². The molecule has 0 bridgehead atoms. The van der Waals surface area contributed by atoms with E-state index in [0.717, 1.165) is 25.1 Å². The molecule has 2 aliphatic rings. The van der Waals surface area contributed by atoms with Gasteiger partial charge in [-0.25, -0.2) is 13.2 Å². The lowest BCUT2D eigenvalue weighted by Gasteiger charge is -2.30. The minimum absolute atomic E-state index is 0.0303. The number of aryl methyl sites for hydroxylation is 1. The molecular weight excluding hydrogens is 425 g/mol. The third-order valence-electron chi connectivity index (χ3n) is 5.60. The number of carbonyl (C=O) groups is 1. The lowest BCUT2D eigenvalue weighted by Crippen LogP contribution is -2.38. The van der Waals surface area contributed by atoms with Crippen molar-refractivity contribution in [3.63, 3.8) is 0 Å². The molecular formula is C19H27F3N2O5S. The molecule has 30 heavy (non-hydrogen) atoms. The molecule has 0 radical (unpaired) electrons. The molecule has 2 fully saturated rings. The number of halogens is 3. The lowest BCUT2D eigenvalue weighted by molar-refractivity contribution is -0.192. The lowest BCUT2D eigenvalue weighted by atomic mass is 9.78. The fraction of sp³-hybridized carbons (Fsp3) is 0.632. The first-order chi connectivity index (χ1) is 13.8. The molecule has 7 nitrogen and oxygen atoms in total. The Morgan fingerprint density at radius 1 is 1.27 bits per heavy atom. The number of aliphatic carboxylic acids is 1. The standard InChI is InChI=1S/C17H26N2O3S.C2HF3O2/c1-14-4-6-16(7-5-14)23(20,21)19-9-8-17(13-19)12-18(2)10-15(17)11-22-3;3-2(4,5)1(6)7/h4-7,15H,8-13H2,1-3H3;(H,6,7)/t15-,17-;/m1./s1. The Morgan fingerprint density at radius 2 is 1.83 bits per heavy atom. The van der Waals surface area contributed by atoms with Crippen LogP contribution >= 0.6 is 0 Å². The Bertz CT molecular complexity index is 845.